The molecule has 0 aliphatic heterocycles. The molecule has 0 aliphatic carbocycles. The van der Waals surface area contributed by atoms with Crippen LogP contribution in [0.25, 0.3) is 0 Å². The van der Waals surface area contributed by atoms with Crippen LogP contribution in [-0.2, 0) is 11.2 Å². The van der Waals surface area contributed by atoms with Crippen molar-refractivity contribution in [2.75, 3.05) is 0 Å². The number of halogens is 2. The van der Waals surface area contributed by atoms with Crippen molar-refractivity contribution in [1.82, 2.24) is 10.3 Å². The maximum Gasteiger partial charge on any atom is 0.315 e. The molecular weight excluding hydrogens is 222 g/mol. The van der Waals surface area contributed by atoms with Gasteiger partial charge in [-0.2, -0.15) is 8.78 Å². The zero-order chi connectivity index (χ0) is 11.4. The smallest absolute Gasteiger partial charge is 0.315 e. The standard InChI is InChI=1S/C9H12F2N2OS/c1-3-6-4-12-9(15-6)5(2)13-8(14)7(10)11/h4-5,7H,3H2,1-2H3,(H,13,14). The van der Waals surface area contributed by atoms with Gasteiger partial charge in [-0.05, 0) is 13.3 Å². The molecule has 15 heavy (non-hydrogen) atoms. The summed E-state index contributed by atoms with van der Waals surface area (Å²) >= 11 is 1.42. The molecular formula is C9H12F2N2OS. The summed E-state index contributed by atoms with van der Waals surface area (Å²) < 4.78 is 23.9. The fraction of sp³-hybridized carbons (Fsp3) is 0.556. The number of nitrogens with zero attached hydrogens (tertiary/aromatic N) is 1. The molecule has 1 aromatic heterocycles. The van der Waals surface area contributed by atoms with Crippen molar-refractivity contribution in [3.05, 3.63) is 16.1 Å². The highest BCUT2D eigenvalue weighted by atomic mass is 32.1. The number of hydrogen-bond donors (Lipinski definition) is 1. The Bertz CT molecular complexity index is 341. The van der Waals surface area contributed by atoms with Gasteiger partial charge in [0.15, 0.2) is 0 Å². The number of aromatic nitrogens is 1. The van der Waals surface area contributed by atoms with Crippen LogP contribution in [0.3, 0.4) is 0 Å². The third kappa shape index (κ3) is 3.23. The molecule has 0 saturated carbocycles. The number of amides is 1. The third-order valence-corrected chi connectivity index (χ3v) is 3.17. The minimum atomic E-state index is -2.97. The first-order chi connectivity index (χ1) is 7.04. The molecule has 0 aromatic carbocycles. The second-order valence-corrected chi connectivity index (χ2v) is 4.20. The molecule has 0 radical (unpaired) electrons. The first kappa shape index (κ1) is 12.0. The lowest BCUT2D eigenvalue weighted by molar-refractivity contribution is -0.132. The van der Waals surface area contributed by atoms with E-state index in [0.29, 0.717) is 5.01 Å². The summed E-state index contributed by atoms with van der Waals surface area (Å²) in [5.74, 6) is -1.25. The molecule has 0 fully saturated rings. The number of carbonyl (C=O) groups is 1. The van der Waals surface area contributed by atoms with Gasteiger partial charge in [0.05, 0.1) is 6.04 Å². The number of nitrogens with one attached hydrogen (secondary N) is 1. The average Bonchev–Trinajstić information content (AvgIpc) is 2.65. The SMILES string of the molecule is CCc1cnc(C(C)NC(=O)C(F)F)s1. The maximum atomic E-state index is 11.9. The molecule has 0 bridgehead atoms. The third-order valence-electron chi connectivity index (χ3n) is 1.85. The van der Waals surface area contributed by atoms with E-state index in [1.165, 1.54) is 11.3 Å². The molecule has 1 heterocycles. The first-order valence-corrected chi connectivity index (χ1v) is 5.39. The molecule has 1 aromatic rings. The van der Waals surface area contributed by atoms with Crippen molar-refractivity contribution < 1.29 is 13.6 Å². The van der Waals surface area contributed by atoms with Gasteiger partial charge in [0, 0.05) is 11.1 Å². The number of aryl methyl sites for hydroxylation is 1. The lowest BCUT2D eigenvalue weighted by Gasteiger charge is -2.10. The molecule has 1 unspecified atom stereocenters. The van der Waals surface area contributed by atoms with E-state index >= 15 is 0 Å². The predicted molar refractivity (Wildman–Crippen MR) is 54.1 cm³/mol. The van der Waals surface area contributed by atoms with Crippen molar-refractivity contribution in [3.8, 4) is 0 Å². The molecule has 0 saturated heterocycles. The van der Waals surface area contributed by atoms with Crippen LogP contribution in [0, 0.1) is 0 Å². The molecule has 3 nitrogen and oxygen atoms in total. The van der Waals surface area contributed by atoms with Crippen molar-refractivity contribution in [1.29, 1.82) is 0 Å². The minimum absolute atomic E-state index is 0.461. The van der Waals surface area contributed by atoms with Crippen LogP contribution >= 0.6 is 11.3 Å². The van der Waals surface area contributed by atoms with E-state index in [0.717, 1.165) is 11.3 Å². The Morgan fingerprint density at radius 2 is 2.33 bits per heavy atom. The summed E-state index contributed by atoms with van der Waals surface area (Å²) in [6.45, 7) is 3.62. The van der Waals surface area contributed by atoms with Crippen LogP contribution in [0.5, 0.6) is 0 Å². The predicted octanol–water partition coefficient (Wildman–Crippen LogP) is 2.15. The Hall–Kier alpha value is -1.04. The van der Waals surface area contributed by atoms with Gasteiger partial charge in [0.2, 0.25) is 0 Å². The Morgan fingerprint density at radius 1 is 1.67 bits per heavy atom. The van der Waals surface area contributed by atoms with Crippen molar-refractivity contribution in [2.24, 2.45) is 0 Å². The fourth-order valence-electron chi connectivity index (χ4n) is 1.02. The number of thiazole rings is 1. The Kier molecular flexibility index (Phi) is 4.14. The van der Waals surface area contributed by atoms with Gasteiger partial charge in [-0.15, -0.1) is 11.3 Å². The van der Waals surface area contributed by atoms with Gasteiger partial charge in [-0.3, -0.25) is 4.79 Å². The number of carbonyl (C=O) groups excluding carboxylic acids is 1. The van der Waals surface area contributed by atoms with Crippen LogP contribution in [-0.4, -0.2) is 17.3 Å². The largest absolute Gasteiger partial charge is 0.342 e. The summed E-state index contributed by atoms with van der Waals surface area (Å²) in [6.07, 6.45) is -0.420. The van der Waals surface area contributed by atoms with Crippen LogP contribution in [0.4, 0.5) is 8.78 Å². The summed E-state index contributed by atoms with van der Waals surface area (Å²) in [6, 6.07) is -0.461. The molecule has 0 aliphatic rings. The molecule has 1 atom stereocenters. The van der Waals surface area contributed by atoms with E-state index in [-0.39, 0.29) is 0 Å². The highest BCUT2D eigenvalue weighted by Gasteiger charge is 2.19. The van der Waals surface area contributed by atoms with Crippen molar-refractivity contribution in [3.63, 3.8) is 0 Å². The summed E-state index contributed by atoms with van der Waals surface area (Å²) in [5, 5.41) is 2.85. The molecule has 1 rings (SSSR count). The maximum absolute atomic E-state index is 11.9. The second-order valence-electron chi connectivity index (χ2n) is 3.05. The summed E-state index contributed by atoms with van der Waals surface area (Å²) in [7, 11) is 0. The van der Waals surface area contributed by atoms with E-state index in [1.54, 1.807) is 13.1 Å². The highest BCUT2D eigenvalue weighted by Crippen LogP contribution is 2.20. The molecule has 6 heteroatoms. The Morgan fingerprint density at radius 3 is 2.80 bits per heavy atom. The Labute approximate surface area is 90.5 Å². The van der Waals surface area contributed by atoms with Gasteiger partial charge in [0.1, 0.15) is 5.01 Å². The van der Waals surface area contributed by atoms with Crippen molar-refractivity contribution in [2.45, 2.75) is 32.7 Å². The molecule has 1 N–H and O–H groups in total. The van der Waals surface area contributed by atoms with E-state index in [2.05, 4.69) is 10.3 Å². The van der Waals surface area contributed by atoms with E-state index in [1.807, 2.05) is 6.92 Å². The summed E-state index contributed by atoms with van der Waals surface area (Å²) in [4.78, 5) is 15.8. The van der Waals surface area contributed by atoms with Gasteiger partial charge in [-0.25, -0.2) is 4.98 Å². The zero-order valence-corrected chi connectivity index (χ0v) is 9.28. The Balaban J connectivity index is 2.60. The van der Waals surface area contributed by atoms with Gasteiger partial charge in [-0.1, -0.05) is 6.92 Å². The molecule has 84 valence electrons. The molecule has 1 amide bonds. The number of alkyl halides is 2. The van der Waals surface area contributed by atoms with Gasteiger partial charge >= 0.3 is 6.43 Å². The van der Waals surface area contributed by atoms with Crippen LogP contribution < -0.4 is 5.32 Å². The van der Waals surface area contributed by atoms with E-state index < -0.39 is 18.4 Å². The van der Waals surface area contributed by atoms with Crippen LogP contribution in [0.2, 0.25) is 0 Å². The number of rotatable bonds is 4. The first-order valence-electron chi connectivity index (χ1n) is 4.57. The monoisotopic (exact) mass is 234 g/mol. The van der Waals surface area contributed by atoms with Crippen LogP contribution in [0.15, 0.2) is 6.20 Å². The second kappa shape index (κ2) is 5.16. The number of hydrogen-bond acceptors (Lipinski definition) is 3. The summed E-state index contributed by atoms with van der Waals surface area (Å²) in [5.41, 5.74) is 0. The lowest BCUT2D eigenvalue weighted by atomic mass is 10.3. The fourth-order valence-corrected chi connectivity index (χ4v) is 1.88. The lowest BCUT2D eigenvalue weighted by Crippen LogP contribution is -2.31. The van der Waals surface area contributed by atoms with Crippen LogP contribution in [0.1, 0.15) is 29.8 Å². The zero-order valence-electron chi connectivity index (χ0n) is 8.46. The quantitative estimate of drug-likeness (QED) is 0.867. The van der Waals surface area contributed by atoms with Gasteiger partial charge in [0.25, 0.3) is 5.91 Å². The minimum Gasteiger partial charge on any atom is -0.342 e. The van der Waals surface area contributed by atoms with Crippen molar-refractivity contribution >= 4 is 17.2 Å². The van der Waals surface area contributed by atoms with Gasteiger partial charge < -0.3 is 5.32 Å². The highest BCUT2D eigenvalue weighted by molar-refractivity contribution is 7.11. The van der Waals surface area contributed by atoms with E-state index in [9.17, 15) is 13.6 Å². The average molecular weight is 234 g/mol. The molecule has 0 spiro atoms. The topological polar surface area (TPSA) is 42.0 Å². The van der Waals surface area contributed by atoms with E-state index in [4.69, 9.17) is 0 Å². The normalized spacial score (nSPS) is 12.9.